The van der Waals surface area contributed by atoms with Crippen molar-refractivity contribution in [2.24, 2.45) is 0 Å². The first-order valence-corrected chi connectivity index (χ1v) is 9.50. The van der Waals surface area contributed by atoms with Crippen molar-refractivity contribution in [3.05, 3.63) is 35.4 Å². The number of hydrogen-bond donors (Lipinski definition) is 3. The second-order valence-corrected chi connectivity index (χ2v) is 6.84. The number of nitrogens with two attached hydrogens (primary N) is 1. The van der Waals surface area contributed by atoms with E-state index in [2.05, 4.69) is 49.4 Å². The van der Waals surface area contributed by atoms with Gasteiger partial charge in [0.15, 0.2) is 17.0 Å². The molecule has 0 radical (unpaired) electrons. The van der Waals surface area contributed by atoms with Crippen molar-refractivity contribution in [3.8, 4) is 12.0 Å². The molecule has 9 heteroatoms. The second-order valence-electron chi connectivity index (χ2n) is 6.84. The van der Waals surface area contributed by atoms with E-state index in [9.17, 15) is 5.11 Å². The number of rotatable bonds is 6. The van der Waals surface area contributed by atoms with Gasteiger partial charge in [0.05, 0.1) is 13.2 Å². The molecule has 3 aromatic rings. The number of fused-ring (bicyclic) bond motifs is 1. The van der Waals surface area contributed by atoms with Crippen LogP contribution in [0.4, 0.5) is 5.82 Å². The Kier molecular flexibility index (Phi) is 5.27. The molecule has 0 bridgehead atoms. The third-order valence-corrected chi connectivity index (χ3v) is 4.83. The van der Waals surface area contributed by atoms with Crippen molar-refractivity contribution >= 4 is 17.0 Å². The van der Waals surface area contributed by atoms with E-state index in [1.54, 1.807) is 4.57 Å². The van der Waals surface area contributed by atoms with E-state index in [0.29, 0.717) is 24.3 Å². The van der Waals surface area contributed by atoms with Gasteiger partial charge in [0.1, 0.15) is 0 Å². The van der Waals surface area contributed by atoms with Crippen molar-refractivity contribution in [3.63, 3.8) is 0 Å². The maximum atomic E-state index is 10.3. The molecule has 1 aliphatic heterocycles. The molecular weight excluding hydrogens is 358 g/mol. The van der Waals surface area contributed by atoms with Crippen LogP contribution in [0.15, 0.2) is 24.3 Å². The summed E-state index contributed by atoms with van der Waals surface area (Å²) in [6.07, 6.45) is 0. The van der Waals surface area contributed by atoms with Gasteiger partial charge in [-0.3, -0.25) is 9.47 Å². The van der Waals surface area contributed by atoms with Gasteiger partial charge in [-0.1, -0.05) is 24.3 Å². The predicted molar refractivity (Wildman–Crippen MR) is 106 cm³/mol. The third kappa shape index (κ3) is 3.85. The molecule has 0 saturated carbocycles. The van der Waals surface area contributed by atoms with Crippen LogP contribution < -0.4 is 15.8 Å². The molecule has 0 atom stereocenters. The number of ether oxygens (including phenoxy) is 1. The molecule has 28 heavy (non-hydrogen) atoms. The smallest absolute Gasteiger partial charge is 0.320 e. The van der Waals surface area contributed by atoms with Crippen LogP contribution in [0.3, 0.4) is 0 Å². The number of nitrogen functional groups attached to an aromatic ring is 1. The predicted octanol–water partition coefficient (Wildman–Crippen LogP) is 0.966. The van der Waals surface area contributed by atoms with Gasteiger partial charge in [-0.25, -0.2) is 0 Å². The van der Waals surface area contributed by atoms with Crippen molar-refractivity contribution in [1.82, 2.24) is 29.7 Å². The summed E-state index contributed by atoms with van der Waals surface area (Å²) in [4.78, 5) is 15.0. The van der Waals surface area contributed by atoms with E-state index in [1.165, 1.54) is 5.56 Å². The Morgan fingerprint density at radius 1 is 1.07 bits per heavy atom. The molecular formula is C19H25N7O2. The Balaban J connectivity index is 1.54. The largest absolute Gasteiger partial charge is 0.480 e. The lowest BCUT2D eigenvalue weighted by atomic mass is 10.1. The highest BCUT2D eigenvalue weighted by molar-refractivity contribution is 5.83. The van der Waals surface area contributed by atoms with E-state index < -0.39 is 0 Å². The van der Waals surface area contributed by atoms with Crippen molar-refractivity contribution < 1.29 is 9.84 Å². The minimum absolute atomic E-state index is 0.144. The van der Waals surface area contributed by atoms with Crippen LogP contribution in [0.25, 0.3) is 11.2 Å². The van der Waals surface area contributed by atoms with Crippen LogP contribution in [0.1, 0.15) is 18.1 Å². The van der Waals surface area contributed by atoms with Crippen LogP contribution in [-0.4, -0.2) is 62.3 Å². The maximum Gasteiger partial charge on any atom is 0.320 e. The van der Waals surface area contributed by atoms with Crippen LogP contribution in [0.5, 0.6) is 12.0 Å². The Bertz CT molecular complexity index is 949. The summed E-state index contributed by atoms with van der Waals surface area (Å²) in [5.74, 6) is 0.189. The van der Waals surface area contributed by atoms with Gasteiger partial charge in [0.25, 0.3) is 6.01 Å². The number of aromatic hydroxyl groups is 1. The Morgan fingerprint density at radius 2 is 1.75 bits per heavy atom. The molecule has 0 amide bonds. The van der Waals surface area contributed by atoms with E-state index in [0.717, 1.165) is 38.3 Å². The summed E-state index contributed by atoms with van der Waals surface area (Å²) < 4.78 is 6.98. The van der Waals surface area contributed by atoms with Crippen molar-refractivity contribution in [2.75, 3.05) is 38.5 Å². The highest BCUT2D eigenvalue weighted by atomic mass is 16.5. The van der Waals surface area contributed by atoms with Gasteiger partial charge < -0.3 is 20.9 Å². The first kappa shape index (κ1) is 18.5. The molecule has 148 valence electrons. The third-order valence-electron chi connectivity index (χ3n) is 4.83. The number of aromatic nitrogens is 4. The molecule has 1 saturated heterocycles. The average Bonchev–Trinajstić information content (AvgIpc) is 3.01. The normalized spacial score (nSPS) is 15.2. The molecule has 1 aliphatic rings. The van der Waals surface area contributed by atoms with Crippen LogP contribution in [-0.2, 0) is 13.1 Å². The first-order valence-electron chi connectivity index (χ1n) is 9.50. The maximum absolute atomic E-state index is 10.3. The number of imidazole rings is 1. The Morgan fingerprint density at radius 3 is 2.43 bits per heavy atom. The lowest BCUT2D eigenvalue weighted by molar-refractivity contribution is 0.233. The van der Waals surface area contributed by atoms with E-state index in [1.807, 2.05) is 6.92 Å². The zero-order valence-electron chi connectivity index (χ0n) is 15.9. The minimum atomic E-state index is -0.144. The first-order chi connectivity index (χ1) is 13.6. The van der Waals surface area contributed by atoms with Crippen molar-refractivity contribution in [2.45, 2.75) is 20.0 Å². The standard InChI is InChI=1S/C19H25N7O2/c1-2-28-18-23-16(20)15-17(24-18)26(19(27)22-15)12-14-5-3-13(4-6-14)11-25-9-7-21-8-10-25/h3-6,21H,2,7-12H2,1H3,(H,22,27)(H2,20,23,24). The summed E-state index contributed by atoms with van der Waals surface area (Å²) in [7, 11) is 0. The zero-order valence-corrected chi connectivity index (χ0v) is 15.9. The minimum Gasteiger partial charge on any atom is -0.480 e. The SMILES string of the molecule is CCOc1nc(N)c2nc(O)n(Cc3ccc(CN4CCNCC4)cc3)c2n1. The molecule has 2 aromatic heterocycles. The fourth-order valence-corrected chi connectivity index (χ4v) is 3.39. The van der Waals surface area contributed by atoms with Crippen LogP contribution in [0.2, 0.25) is 0 Å². The number of benzene rings is 1. The number of hydrogen-bond acceptors (Lipinski definition) is 8. The molecule has 0 unspecified atom stereocenters. The summed E-state index contributed by atoms with van der Waals surface area (Å²) in [5.41, 5.74) is 9.08. The Labute approximate surface area is 163 Å². The van der Waals surface area contributed by atoms with Gasteiger partial charge in [0, 0.05) is 32.7 Å². The number of anilines is 1. The summed E-state index contributed by atoms with van der Waals surface area (Å²) in [6.45, 7) is 7.88. The van der Waals surface area contributed by atoms with Crippen LogP contribution >= 0.6 is 0 Å². The van der Waals surface area contributed by atoms with Crippen molar-refractivity contribution in [1.29, 1.82) is 0 Å². The molecule has 4 rings (SSSR count). The topological polar surface area (TPSA) is 114 Å². The number of nitrogens with zero attached hydrogens (tertiary/aromatic N) is 5. The molecule has 0 aliphatic carbocycles. The molecule has 1 fully saturated rings. The average molecular weight is 383 g/mol. The van der Waals surface area contributed by atoms with Crippen LogP contribution in [0, 0.1) is 0 Å². The second kappa shape index (κ2) is 7.99. The highest BCUT2D eigenvalue weighted by Gasteiger charge is 2.17. The number of nitrogens with one attached hydrogen (secondary N) is 1. The quantitative estimate of drug-likeness (QED) is 0.577. The van der Waals surface area contributed by atoms with Gasteiger partial charge in [-0.05, 0) is 18.1 Å². The zero-order chi connectivity index (χ0) is 19.5. The lowest BCUT2D eigenvalue weighted by Gasteiger charge is -2.27. The highest BCUT2D eigenvalue weighted by Crippen LogP contribution is 2.25. The van der Waals surface area contributed by atoms with Gasteiger partial charge in [-0.15, -0.1) is 0 Å². The monoisotopic (exact) mass is 383 g/mol. The van der Waals surface area contributed by atoms with Gasteiger partial charge >= 0.3 is 6.01 Å². The molecule has 0 spiro atoms. The fourth-order valence-electron chi connectivity index (χ4n) is 3.39. The molecule has 9 nitrogen and oxygen atoms in total. The van der Waals surface area contributed by atoms with E-state index in [4.69, 9.17) is 10.5 Å². The molecule has 3 heterocycles. The van der Waals surface area contributed by atoms with Gasteiger partial charge in [0.2, 0.25) is 0 Å². The fraction of sp³-hybridized carbons (Fsp3) is 0.421. The summed E-state index contributed by atoms with van der Waals surface area (Å²) >= 11 is 0. The lowest BCUT2D eigenvalue weighted by Crippen LogP contribution is -2.42. The van der Waals surface area contributed by atoms with E-state index in [-0.39, 0.29) is 17.8 Å². The molecule has 4 N–H and O–H groups in total. The summed E-state index contributed by atoms with van der Waals surface area (Å²) in [6, 6.07) is 8.42. The Hall–Kier alpha value is -2.91. The van der Waals surface area contributed by atoms with Gasteiger partial charge in [-0.2, -0.15) is 15.0 Å². The summed E-state index contributed by atoms with van der Waals surface area (Å²) in [5, 5.41) is 13.7. The number of piperazine rings is 1. The van der Waals surface area contributed by atoms with E-state index >= 15 is 0 Å². The molecule has 1 aromatic carbocycles.